The summed E-state index contributed by atoms with van der Waals surface area (Å²) in [6.07, 6.45) is 3.14. The van der Waals surface area contributed by atoms with Crippen molar-refractivity contribution < 1.29 is 4.42 Å². The topological polar surface area (TPSA) is 49.8 Å². The van der Waals surface area contributed by atoms with Crippen LogP contribution in [0.3, 0.4) is 0 Å². The van der Waals surface area contributed by atoms with E-state index in [0.717, 1.165) is 11.1 Å². The fraction of sp³-hybridized carbons (Fsp3) is 0.167. The van der Waals surface area contributed by atoms with E-state index in [1.807, 2.05) is 31.2 Å². The lowest BCUT2D eigenvalue weighted by atomic mass is 10.0. The van der Waals surface area contributed by atoms with Crippen molar-refractivity contribution >= 4 is 0 Å². The number of nitriles is 1. The van der Waals surface area contributed by atoms with Gasteiger partial charge in [-0.1, -0.05) is 12.1 Å². The van der Waals surface area contributed by atoms with Gasteiger partial charge in [0.2, 0.25) is 5.89 Å². The van der Waals surface area contributed by atoms with Crippen molar-refractivity contribution in [1.29, 1.82) is 5.26 Å². The van der Waals surface area contributed by atoms with E-state index in [9.17, 15) is 0 Å². The van der Waals surface area contributed by atoms with Crippen molar-refractivity contribution in [2.75, 3.05) is 0 Å². The molecule has 2 aromatic rings. The van der Waals surface area contributed by atoms with Gasteiger partial charge in [0.1, 0.15) is 6.26 Å². The number of oxazole rings is 1. The summed E-state index contributed by atoms with van der Waals surface area (Å²) in [4.78, 5) is 4.06. The standard InChI is InChI=1S/C12H10N2O/c1-9(8-13)10-3-2-4-11(7-10)12-14-5-6-15-12/h2-7,9H,1H3. The molecule has 0 saturated heterocycles. The molecule has 0 spiro atoms. The van der Waals surface area contributed by atoms with Crippen LogP contribution in [0.15, 0.2) is 41.1 Å². The van der Waals surface area contributed by atoms with Crippen molar-refractivity contribution in [1.82, 2.24) is 4.98 Å². The van der Waals surface area contributed by atoms with Crippen LogP contribution in [0.4, 0.5) is 0 Å². The Hall–Kier alpha value is -2.08. The lowest BCUT2D eigenvalue weighted by Gasteiger charge is -2.03. The molecular formula is C12H10N2O. The highest BCUT2D eigenvalue weighted by molar-refractivity contribution is 5.54. The third-order valence-corrected chi connectivity index (χ3v) is 2.26. The summed E-state index contributed by atoms with van der Waals surface area (Å²) in [6, 6.07) is 9.89. The van der Waals surface area contributed by atoms with Gasteiger partial charge in [-0.15, -0.1) is 0 Å². The lowest BCUT2D eigenvalue weighted by molar-refractivity contribution is 0.574. The van der Waals surface area contributed by atoms with Crippen molar-refractivity contribution in [3.63, 3.8) is 0 Å². The fourth-order valence-electron chi connectivity index (χ4n) is 1.38. The molecule has 74 valence electrons. The second kappa shape index (κ2) is 3.97. The molecule has 1 atom stereocenters. The third kappa shape index (κ3) is 1.89. The number of hydrogen-bond donors (Lipinski definition) is 0. The van der Waals surface area contributed by atoms with Crippen LogP contribution in [0.5, 0.6) is 0 Å². The quantitative estimate of drug-likeness (QED) is 0.745. The molecule has 15 heavy (non-hydrogen) atoms. The maximum atomic E-state index is 8.82. The minimum Gasteiger partial charge on any atom is -0.445 e. The first-order valence-electron chi connectivity index (χ1n) is 4.70. The number of benzene rings is 1. The van der Waals surface area contributed by atoms with Gasteiger partial charge in [-0.25, -0.2) is 4.98 Å². The Balaban J connectivity index is 2.40. The first-order chi connectivity index (χ1) is 7.31. The van der Waals surface area contributed by atoms with E-state index in [1.54, 1.807) is 6.20 Å². The van der Waals surface area contributed by atoms with Crippen LogP contribution in [-0.2, 0) is 0 Å². The molecule has 0 radical (unpaired) electrons. The van der Waals surface area contributed by atoms with E-state index in [1.165, 1.54) is 6.26 Å². The van der Waals surface area contributed by atoms with Crippen LogP contribution >= 0.6 is 0 Å². The van der Waals surface area contributed by atoms with Crippen LogP contribution < -0.4 is 0 Å². The molecule has 0 amide bonds. The molecule has 0 fully saturated rings. The Bertz CT molecular complexity index is 483. The van der Waals surface area contributed by atoms with Gasteiger partial charge in [-0.05, 0) is 24.6 Å². The molecule has 3 nitrogen and oxygen atoms in total. The smallest absolute Gasteiger partial charge is 0.225 e. The van der Waals surface area contributed by atoms with Gasteiger partial charge in [-0.3, -0.25) is 0 Å². The van der Waals surface area contributed by atoms with Crippen molar-refractivity contribution in [3.05, 3.63) is 42.3 Å². The largest absolute Gasteiger partial charge is 0.445 e. The Morgan fingerprint density at radius 1 is 1.47 bits per heavy atom. The first kappa shape index (κ1) is 9.47. The van der Waals surface area contributed by atoms with E-state index < -0.39 is 0 Å². The molecule has 0 aliphatic carbocycles. The summed E-state index contributed by atoms with van der Waals surface area (Å²) in [7, 11) is 0. The summed E-state index contributed by atoms with van der Waals surface area (Å²) < 4.78 is 5.19. The Kier molecular flexibility index (Phi) is 2.51. The predicted molar refractivity (Wildman–Crippen MR) is 56.0 cm³/mol. The second-order valence-electron chi connectivity index (χ2n) is 3.31. The van der Waals surface area contributed by atoms with Crippen molar-refractivity contribution in [3.8, 4) is 17.5 Å². The molecule has 0 aliphatic rings. The number of aromatic nitrogens is 1. The highest BCUT2D eigenvalue weighted by Gasteiger charge is 2.07. The van der Waals surface area contributed by atoms with Gasteiger partial charge in [0.25, 0.3) is 0 Å². The maximum absolute atomic E-state index is 8.82. The van der Waals surface area contributed by atoms with E-state index in [2.05, 4.69) is 11.1 Å². The second-order valence-corrected chi connectivity index (χ2v) is 3.31. The van der Waals surface area contributed by atoms with Gasteiger partial charge >= 0.3 is 0 Å². The van der Waals surface area contributed by atoms with Crippen LogP contribution in [0.25, 0.3) is 11.5 Å². The third-order valence-electron chi connectivity index (χ3n) is 2.26. The van der Waals surface area contributed by atoms with Gasteiger partial charge in [-0.2, -0.15) is 5.26 Å². The number of hydrogen-bond acceptors (Lipinski definition) is 3. The van der Waals surface area contributed by atoms with Crippen molar-refractivity contribution in [2.24, 2.45) is 0 Å². The molecule has 0 aliphatic heterocycles. The minimum atomic E-state index is -0.111. The summed E-state index contributed by atoms with van der Waals surface area (Å²) in [6.45, 7) is 1.87. The van der Waals surface area contributed by atoms with Crippen LogP contribution in [0, 0.1) is 11.3 Å². The van der Waals surface area contributed by atoms with Crippen LogP contribution in [0.2, 0.25) is 0 Å². The molecule has 0 N–H and O–H groups in total. The summed E-state index contributed by atoms with van der Waals surface area (Å²) >= 11 is 0. The van der Waals surface area contributed by atoms with E-state index >= 15 is 0 Å². The Morgan fingerprint density at radius 3 is 3.00 bits per heavy atom. The maximum Gasteiger partial charge on any atom is 0.225 e. The van der Waals surface area contributed by atoms with Crippen LogP contribution in [-0.4, -0.2) is 4.98 Å². The number of rotatable bonds is 2. The van der Waals surface area contributed by atoms with Crippen molar-refractivity contribution in [2.45, 2.75) is 12.8 Å². The van der Waals surface area contributed by atoms with Gasteiger partial charge < -0.3 is 4.42 Å². The monoisotopic (exact) mass is 198 g/mol. The predicted octanol–water partition coefficient (Wildman–Crippen LogP) is 2.97. The first-order valence-corrected chi connectivity index (χ1v) is 4.70. The zero-order chi connectivity index (χ0) is 10.7. The SMILES string of the molecule is CC(C#N)c1cccc(-c2ncco2)c1. The lowest BCUT2D eigenvalue weighted by Crippen LogP contribution is -1.89. The van der Waals surface area contributed by atoms with E-state index in [4.69, 9.17) is 9.68 Å². The summed E-state index contributed by atoms with van der Waals surface area (Å²) in [5.74, 6) is 0.474. The molecule has 2 rings (SSSR count). The average Bonchev–Trinajstić information content (AvgIpc) is 2.82. The molecule has 1 unspecified atom stereocenters. The van der Waals surface area contributed by atoms with E-state index in [0.29, 0.717) is 5.89 Å². The fourth-order valence-corrected chi connectivity index (χ4v) is 1.38. The van der Waals surface area contributed by atoms with Gasteiger partial charge in [0, 0.05) is 5.56 Å². The molecule has 0 bridgehead atoms. The summed E-state index contributed by atoms with van der Waals surface area (Å²) in [5, 5.41) is 8.82. The summed E-state index contributed by atoms with van der Waals surface area (Å²) in [5.41, 5.74) is 1.88. The van der Waals surface area contributed by atoms with Gasteiger partial charge in [0.05, 0.1) is 18.2 Å². The molecule has 1 aromatic heterocycles. The minimum absolute atomic E-state index is 0.111. The molecule has 1 heterocycles. The highest BCUT2D eigenvalue weighted by Crippen LogP contribution is 2.22. The average molecular weight is 198 g/mol. The molecule has 3 heteroatoms. The Labute approximate surface area is 88.0 Å². The van der Waals surface area contributed by atoms with E-state index in [-0.39, 0.29) is 5.92 Å². The normalized spacial score (nSPS) is 12.0. The molecule has 1 aromatic carbocycles. The Morgan fingerprint density at radius 2 is 2.33 bits per heavy atom. The highest BCUT2D eigenvalue weighted by atomic mass is 16.3. The number of nitrogens with zero attached hydrogens (tertiary/aromatic N) is 2. The van der Waals surface area contributed by atoms with Crippen LogP contribution in [0.1, 0.15) is 18.4 Å². The molecular weight excluding hydrogens is 188 g/mol. The zero-order valence-electron chi connectivity index (χ0n) is 8.34. The molecule has 0 saturated carbocycles. The van der Waals surface area contributed by atoms with Gasteiger partial charge in [0.15, 0.2) is 0 Å². The zero-order valence-corrected chi connectivity index (χ0v) is 8.34.